The number of ether oxygens (including phenoxy) is 2. The predicted octanol–water partition coefficient (Wildman–Crippen LogP) is 3.23. The van der Waals surface area contributed by atoms with Gasteiger partial charge in [-0.2, -0.15) is 0 Å². The molecule has 38 heavy (non-hydrogen) atoms. The van der Waals surface area contributed by atoms with E-state index in [1.807, 2.05) is 12.1 Å². The minimum atomic E-state index is -0.0728. The van der Waals surface area contributed by atoms with Crippen LogP contribution in [0.2, 0.25) is 0 Å². The molecule has 2 amide bonds. The van der Waals surface area contributed by atoms with Crippen LogP contribution in [-0.4, -0.2) is 80.0 Å². The maximum Gasteiger partial charge on any atom is 0.246 e. The molecule has 0 saturated heterocycles. The van der Waals surface area contributed by atoms with Gasteiger partial charge in [0.15, 0.2) is 5.96 Å². The van der Waals surface area contributed by atoms with E-state index in [0.717, 1.165) is 57.1 Å². The molecule has 0 spiro atoms. The molecule has 1 aliphatic carbocycles. The summed E-state index contributed by atoms with van der Waals surface area (Å²) >= 11 is 0. The molecule has 0 aromatic carbocycles. The molecule has 0 aliphatic heterocycles. The van der Waals surface area contributed by atoms with Crippen LogP contribution < -0.4 is 16.0 Å². The zero-order valence-corrected chi connectivity index (χ0v) is 22.8. The van der Waals surface area contributed by atoms with Crippen molar-refractivity contribution in [3.05, 3.63) is 24.5 Å². The Morgan fingerprint density at radius 2 is 1.66 bits per heavy atom. The third-order valence-corrected chi connectivity index (χ3v) is 6.11. The Hall–Kier alpha value is -2.76. The van der Waals surface area contributed by atoms with Crippen LogP contribution in [0.5, 0.6) is 0 Å². The maximum absolute atomic E-state index is 12.9. The van der Waals surface area contributed by atoms with Crippen LogP contribution in [0, 0.1) is 5.41 Å². The Bertz CT molecular complexity index is 791. The van der Waals surface area contributed by atoms with Crippen molar-refractivity contribution in [2.45, 2.75) is 77.2 Å². The van der Waals surface area contributed by atoms with Crippen molar-refractivity contribution in [2.75, 3.05) is 51.4 Å². The Balaban J connectivity index is 1.57. The fourth-order valence-corrected chi connectivity index (χ4v) is 4.07. The lowest BCUT2D eigenvalue weighted by Gasteiger charge is -2.29. The smallest absolute Gasteiger partial charge is 0.246 e. The molecule has 1 heterocycles. The van der Waals surface area contributed by atoms with E-state index in [1.165, 1.54) is 18.4 Å². The van der Waals surface area contributed by atoms with Gasteiger partial charge in [0.25, 0.3) is 0 Å². The van der Waals surface area contributed by atoms with Crippen LogP contribution in [0.3, 0.4) is 0 Å². The van der Waals surface area contributed by atoms with E-state index in [1.54, 1.807) is 12.4 Å². The third kappa shape index (κ3) is 15.5. The second-order valence-corrected chi connectivity index (χ2v) is 9.40. The zero-order valence-electron chi connectivity index (χ0n) is 22.8. The minimum absolute atomic E-state index is 0.00665. The topological polar surface area (TPSA) is 138 Å². The Morgan fingerprint density at radius 3 is 2.39 bits per heavy atom. The molecule has 11 nitrogen and oxygen atoms in total. The van der Waals surface area contributed by atoms with Crippen LogP contribution in [-0.2, 0) is 23.9 Å². The SMILES string of the molecule is CC(=O)NCCOCCOCCN(OC1CCCCC1)C(=O)CCCCCCNC(=N)Nc1ccncc1. The molecular formula is C27H46N6O5. The molecule has 11 heteroatoms. The van der Waals surface area contributed by atoms with Gasteiger partial charge in [0.05, 0.1) is 39.1 Å². The monoisotopic (exact) mass is 534 g/mol. The number of rotatable bonds is 19. The number of hydrogen-bond acceptors (Lipinski definition) is 7. The molecule has 2 rings (SSSR count). The fraction of sp³-hybridized carbons (Fsp3) is 0.704. The molecular weight excluding hydrogens is 488 g/mol. The van der Waals surface area contributed by atoms with Gasteiger partial charge in [0.1, 0.15) is 0 Å². The standard InChI is InChI=1S/C27H46N6O5/c1-23(34)30-17-19-36-21-22-37-20-18-33(38-25-9-5-4-6-10-25)26(35)11-7-2-3-8-14-31-27(28)32-24-12-15-29-16-13-24/h12-13,15-16,25H,2-11,14,17-22H2,1H3,(H,30,34)(H3,28,29,31,32). The highest BCUT2D eigenvalue weighted by atomic mass is 16.7. The first kappa shape index (κ1) is 31.5. The summed E-state index contributed by atoms with van der Waals surface area (Å²) < 4.78 is 11.1. The van der Waals surface area contributed by atoms with Crippen molar-refractivity contribution in [3.63, 3.8) is 0 Å². The molecule has 214 valence electrons. The quantitative estimate of drug-likeness (QED) is 0.0919. The number of anilines is 1. The molecule has 4 N–H and O–H groups in total. The third-order valence-electron chi connectivity index (χ3n) is 6.11. The summed E-state index contributed by atoms with van der Waals surface area (Å²) in [7, 11) is 0. The highest BCUT2D eigenvalue weighted by molar-refractivity contribution is 5.90. The van der Waals surface area contributed by atoms with E-state index in [-0.39, 0.29) is 23.9 Å². The van der Waals surface area contributed by atoms with E-state index in [9.17, 15) is 9.59 Å². The molecule has 0 unspecified atom stereocenters. The summed E-state index contributed by atoms with van der Waals surface area (Å²) in [6, 6.07) is 3.63. The van der Waals surface area contributed by atoms with Crippen molar-refractivity contribution in [3.8, 4) is 0 Å². The van der Waals surface area contributed by atoms with E-state index in [4.69, 9.17) is 19.7 Å². The number of amides is 2. The van der Waals surface area contributed by atoms with Gasteiger partial charge in [0, 0.05) is 44.5 Å². The van der Waals surface area contributed by atoms with Gasteiger partial charge in [0.2, 0.25) is 11.8 Å². The second-order valence-electron chi connectivity index (χ2n) is 9.40. The summed E-state index contributed by atoms with van der Waals surface area (Å²) in [5.41, 5.74) is 0.827. The molecule has 1 fully saturated rings. The summed E-state index contributed by atoms with van der Waals surface area (Å²) in [5, 5.41) is 18.2. The summed E-state index contributed by atoms with van der Waals surface area (Å²) in [4.78, 5) is 33.8. The number of hydroxylamine groups is 2. The Kier molecular flexibility index (Phi) is 16.8. The van der Waals surface area contributed by atoms with Crippen LogP contribution in [0.1, 0.15) is 71.1 Å². The fourth-order valence-electron chi connectivity index (χ4n) is 4.07. The minimum Gasteiger partial charge on any atom is -0.377 e. The first-order valence-corrected chi connectivity index (χ1v) is 13.9. The number of nitrogens with zero attached hydrogens (tertiary/aromatic N) is 2. The molecule has 1 saturated carbocycles. The first-order valence-electron chi connectivity index (χ1n) is 13.9. The van der Waals surface area contributed by atoms with Crippen LogP contribution >= 0.6 is 0 Å². The average molecular weight is 535 g/mol. The maximum atomic E-state index is 12.9. The van der Waals surface area contributed by atoms with Gasteiger partial charge in [-0.25, -0.2) is 5.06 Å². The van der Waals surface area contributed by atoms with Gasteiger partial charge in [-0.3, -0.25) is 24.8 Å². The number of carbonyl (C=O) groups is 2. The van der Waals surface area contributed by atoms with E-state index in [2.05, 4.69) is 20.9 Å². The average Bonchev–Trinajstić information content (AvgIpc) is 2.91. The van der Waals surface area contributed by atoms with Crippen molar-refractivity contribution >= 4 is 23.5 Å². The lowest BCUT2D eigenvalue weighted by Crippen LogP contribution is -2.38. The number of guanidine groups is 1. The molecule has 1 aliphatic rings. The van der Waals surface area contributed by atoms with E-state index < -0.39 is 0 Å². The second kappa shape index (κ2) is 20.2. The van der Waals surface area contributed by atoms with Crippen LogP contribution in [0.25, 0.3) is 0 Å². The highest BCUT2D eigenvalue weighted by Crippen LogP contribution is 2.21. The van der Waals surface area contributed by atoms with E-state index >= 15 is 0 Å². The largest absolute Gasteiger partial charge is 0.377 e. The number of carbonyl (C=O) groups excluding carboxylic acids is 2. The number of aromatic nitrogens is 1. The lowest BCUT2D eigenvalue weighted by atomic mass is 9.98. The van der Waals surface area contributed by atoms with E-state index in [0.29, 0.717) is 52.5 Å². The van der Waals surface area contributed by atoms with Crippen molar-refractivity contribution in [2.24, 2.45) is 0 Å². The van der Waals surface area contributed by atoms with Crippen molar-refractivity contribution in [1.82, 2.24) is 20.7 Å². The Morgan fingerprint density at radius 1 is 0.947 bits per heavy atom. The molecule has 0 atom stereocenters. The number of nitrogens with one attached hydrogen (secondary N) is 4. The number of pyridine rings is 1. The van der Waals surface area contributed by atoms with Gasteiger partial charge in [-0.15, -0.1) is 0 Å². The van der Waals surface area contributed by atoms with Gasteiger partial charge in [-0.1, -0.05) is 32.1 Å². The van der Waals surface area contributed by atoms with Crippen molar-refractivity contribution in [1.29, 1.82) is 5.41 Å². The number of hydrogen-bond donors (Lipinski definition) is 4. The zero-order chi connectivity index (χ0) is 27.3. The first-order chi connectivity index (χ1) is 18.5. The molecule has 0 radical (unpaired) electrons. The molecule has 1 aromatic rings. The highest BCUT2D eigenvalue weighted by Gasteiger charge is 2.21. The predicted molar refractivity (Wildman–Crippen MR) is 147 cm³/mol. The molecule has 0 bridgehead atoms. The summed E-state index contributed by atoms with van der Waals surface area (Å²) in [6.07, 6.45) is 13.1. The lowest BCUT2D eigenvalue weighted by molar-refractivity contribution is -0.214. The normalized spacial score (nSPS) is 13.6. The molecule has 1 aromatic heterocycles. The van der Waals surface area contributed by atoms with Crippen LogP contribution in [0.15, 0.2) is 24.5 Å². The number of unbranched alkanes of at least 4 members (excludes halogenated alkanes) is 3. The summed E-state index contributed by atoms with van der Waals surface area (Å²) in [5.74, 6) is 0.198. The van der Waals surface area contributed by atoms with Gasteiger partial charge >= 0.3 is 0 Å². The van der Waals surface area contributed by atoms with Gasteiger partial charge in [-0.05, 0) is 37.8 Å². The van der Waals surface area contributed by atoms with Crippen molar-refractivity contribution < 1.29 is 23.9 Å². The van der Waals surface area contributed by atoms with Crippen LogP contribution in [0.4, 0.5) is 5.69 Å². The van der Waals surface area contributed by atoms with Gasteiger partial charge < -0.3 is 25.4 Å². The Labute approximate surface area is 226 Å². The summed E-state index contributed by atoms with van der Waals surface area (Å²) in [6.45, 7) is 4.75.